The van der Waals surface area contributed by atoms with Crippen LogP contribution in [0.2, 0.25) is 0 Å². The van der Waals surface area contributed by atoms with E-state index in [0.717, 1.165) is 0 Å². The molecule has 4 heteroatoms. The molecule has 0 aliphatic carbocycles. The highest BCUT2D eigenvalue weighted by Gasteiger charge is 2.33. The predicted octanol–water partition coefficient (Wildman–Crippen LogP) is 1.56. The third kappa shape index (κ3) is 0.975. The Morgan fingerprint density at radius 3 is 3.00 bits per heavy atom. The van der Waals surface area contributed by atoms with E-state index in [0.29, 0.717) is 5.56 Å². The quantitative estimate of drug-likeness (QED) is 0.565. The summed E-state index contributed by atoms with van der Waals surface area (Å²) in [6.07, 6.45) is -0.960. The average Bonchev–Trinajstić information content (AvgIpc) is 2.44. The van der Waals surface area contributed by atoms with Gasteiger partial charge in [0.2, 0.25) is 6.10 Å². The van der Waals surface area contributed by atoms with E-state index in [2.05, 4.69) is 4.74 Å². The molecule has 0 amide bonds. The minimum absolute atomic E-state index is 0.117. The average molecular weight is 177 g/mol. The molecule has 1 aliphatic heterocycles. The second-order valence-electron chi connectivity index (χ2n) is 2.62. The number of benzene rings is 1. The van der Waals surface area contributed by atoms with Gasteiger partial charge in [-0.15, -0.1) is 0 Å². The lowest BCUT2D eigenvalue weighted by molar-refractivity contribution is 0.0475. The first-order valence-electron chi connectivity index (χ1n) is 3.63. The fourth-order valence-electron chi connectivity index (χ4n) is 1.30. The molecule has 0 fully saturated rings. The predicted molar refractivity (Wildman–Crippen MR) is 40.2 cm³/mol. The van der Waals surface area contributed by atoms with Crippen LogP contribution in [0, 0.1) is 17.1 Å². The van der Waals surface area contributed by atoms with Crippen LogP contribution in [-0.4, -0.2) is 5.97 Å². The van der Waals surface area contributed by atoms with Crippen LogP contribution in [-0.2, 0) is 4.74 Å². The summed E-state index contributed by atoms with van der Waals surface area (Å²) >= 11 is 0. The smallest absolute Gasteiger partial charge is 0.343 e. The first-order valence-corrected chi connectivity index (χ1v) is 3.63. The number of hydrogen-bond donors (Lipinski definition) is 0. The van der Waals surface area contributed by atoms with Gasteiger partial charge in [0, 0.05) is 5.56 Å². The molecule has 0 N–H and O–H groups in total. The van der Waals surface area contributed by atoms with Gasteiger partial charge in [0.25, 0.3) is 0 Å². The van der Waals surface area contributed by atoms with E-state index >= 15 is 0 Å². The molecule has 1 aromatic rings. The molecule has 0 saturated carbocycles. The Hall–Kier alpha value is -1.89. The lowest BCUT2D eigenvalue weighted by atomic mass is 10.1. The van der Waals surface area contributed by atoms with E-state index in [4.69, 9.17) is 5.26 Å². The van der Waals surface area contributed by atoms with Gasteiger partial charge in [-0.3, -0.25) is 0 Å². The van der Waals surface area contributed by atoms with Crippen molar-refractivity contribution in [1.82, 2.24) is 0 Å². The summed E-state index contributed by atoms with van der Waals surface area (Å²) in [6.45, 7) is 0. The number of ether oxygens (including phenoxy) is 1. The minimum atomic E-state index is -0.960. The normalized spacial score (nSPS) is 19.1. The number of nitriles is 1. The van der Waals surface area contributed by atoms with Crippen molar-refractivity contribution >= 4 is 5.97 Å². The summed E-state index contributed by atoms with van der Waals surface area (Å²) in [5.74, 6) is -1.40. The van der Waals surface area contributed by atoms with Gasteiger partial charge in [0.1, 0.15) is 17.4 Å². The Bertz CT molecular complexity index is 422. The van der Waals surface area contributed by atoms with Crippen LogP contribution in [0.15, 0.2) is 18.2 Å². The summed E-state index contributed by atoms with van der Waals surface area (Å²) in [4.78, 5) is 11.0. The molecule has 0 bridgehead atoms. The summed E-state index contributed by atoms with van der Waals surface area (Å²) in [5, 5.41) is 8.57. The van der Waals surface area contributed by atoms with Crippen molar-refractivity contribution in [3.8, 4) is 6.07 Å². The zero-order chi connectivity index (χ0) is 9.42. The van der Waals surface area contributed by atoms with Gasteiger partial charge in [-0.2, -0.15) is 5.26 Å². The van der Waals surface area contributed by atoms with Gasteiger partial charge in [-0.25, -0.2) is 9.18 Å². The Morgan fingerprint density at radius 2 is 2.31 bits per heavy atom. The maximum Gasteiger partial charge on any atom is 0.343 e. The molecule has 0 saturated heterocycles. The van der Waals surface area contributed by atoms with Crippen LogP contribution in [0.3, 0.4) is 0 Å². The topological polar surface area (TPSA) is 50.1 Å². The standard InChI is InChI=1S/C9H4FNO2/c10-6-3-1-2-5-7(4-11)13-9(12)8(5)6/h1-3,7H. The fraction of sp³-hybridized carbons (Fsp3) is 0.111. The summed E-state index contributed by atoms with van der Waals surface area (Å²) in [5.41, 5.74) is 0.196. The SMILES string of the molecule is N#CC1OC(=O)c2c(F)cccc21. The number of nitrogens with zero attached hydrogens (tertiary/aromatic N) is 1. The lowest BCUT2D eigenvalue weighted by Gasteiger charge is -1.97. The van der Waals surface area contributed by atoms with Crippen LogP contribution in [0.4, 0.5) is 4.39 Å². The number of esters is 1. The molecular weight excluding hydrogens is 173 g/mol. The Morgan fingerprint density at radius 1 is 1.54 bits per heavy atom. The fourth-order valence-corrected chi connectivity index (χ4v) is 1.30. The maximum absolute atomic E-state index is 13.0. The molecule has 2 rings (SSSR count). The van der Waals surface area contributed by atoms with Crippen LogP contribution in [0.25, 0.3) is 0 Å². The largest absolute Gasteiger partial charge is 0.438 e. The summed E-state index contributed by atoms with van der Waals surface area (Å²) in [6, 6.07) is 5.89. The van der Waals surface area contributed by atoms with Gasteiger partial charge in [-0.1, -0.05) is 12.1 Å². The van der Waals surface area contributed by atoms with Crippen molar-refractivity contribution in [2.24, 2.45) is 0 Å². The summed E-state index contributed by atoms with van der Waals surface area (Å²) in [7, 11) is 0. The third-order valence-corrected chi connectivity index (χ3v) is 1.87. The van der Waals surface area contributed by atoms with Gasteiger partial charge in [-0.05, 0) is 6.07 Å². The van der Waals surface area contributed by atoms with Crippen molar-refractivity contribution < 1.29 is 13.9 Å². The lowest BCUT2D eigenvalue weighted by Crippen LogP contribution is -1.97. The van der Waals surface area contributed by atoms with E-state index in [1.54, 1.807) is 6.07 Å². The van der Waals surface area contributed by atoms with Crippen molar-refractivity contribution in [2.45, 2.75) is 6.10 Å². The number of carbonyl (C=O) groups excluding carboxylic acids is 1. The number of rotatable bonds is 0. The van der Waals surface area contributed by atoms with E-state index < -0.39 is 17.9 Å². The molecule has 3 nitrogen and oxygen atoms in total. The van der Waals surface area contributed by atoms with Gasteiger partial charge >= 0.3 is 5.97 Å². The number of fused-ring (bicyclic) bond motifs is 1. The van der Waals surface area contributed by atoms with Crippen LogP contribution in [0.1, 0.15) is 22.0 Å². The monoisotopic (exact) mass is 177 g/mol. The van der Waals surface area contributed by atoms with E-state index in [9.17, 15) is 9.18 Å². The van der Waals surface area contributed by atoms with Gasteiger partial charge < -0.3 is 4.74 Å². The Kier molecular flexibility index (Phi) is 1.52. The zero-order valence-electron chi connectivity index (χ0n) is 6.45. The van der Waals surface area contributed by atoms with Gasteiger partial charge in [0.15, 0.2) is 0 Å². The van der Waals surface area contributed by atoms with Crippen molar-refractivity contribution in [1.29, 1.82) is 5.26 Å². The van der Waals surface area contributed by atoms with E-state index in [1.807, 2.05) is 0 Å². The molecule has 1 aromatic carbocycles. The number of cyclic esters (lactones) is 1. The van der Waals surface area contributed by atoms with Crippen LogP contribution in [0.5, 0.6) is 0 Å². The minimum Gasteiger partial charge on any atom is -0.438 e. The molecule has 0 radical (unpaired) electrons. The first kappa shape index (κ1) is 7.74. The van der Waals surface area contributed by atoms with Gasteiger partial charge in [0.05, 0.1) is 0 Å². The Balaban J connectivity index is 2.66. The second kappa shape index (κ2) is 2.56. The van der Waals surface area contributed by atoms with Crippen molar-refractivity contribution in [3.05, 3.63) is 35.1 Å². The molecule has 64 valence electrons. The van der Waals surface area contributed by atoms with Crippen molar-refractivity contribution in [2.75, 3.05) is 0 Å². The molecule has 13 heavy (non-hydrogen) atoms. The van der Waals surface area contributed by atoms with Crippen molar-refractivity contribution in [3.63, 3.8) is 0 Å². The first-order chi connectivity index (χ1) is 6.24. The highest BCUT2D eigenvalue weighted by molar-refractivity contribution is 5.94. The van der Waals surface area contributed by atoms with E-state index in [-0.39, 0.29) is 5.56 Å². The molecular formula is C9H4FNO2. The van der Waals surface area contributed by atoms with Crippen LogP contribution < -0.4 is 0 Å². The van der Waals surface area contributed by atoms with Crippen LogP contribution >= 0.6 is 0 Å². The molecule has 1 unspecified atom stereocenters. The molecule has 1 aliphatic rings. The number of halogens is 1. The highest BCUT2D eigenvalue weighted by Crippen LogP contribution is 2.31. The third-order valence-electron chi connectivity index (χ3n) is 1.87. The molecule has 0 spiro atoms. The molecule has 1 atom stereocenters. The number of hydrogen-bond acceptors (Lipinski definition) is 3. The molecule has 0 aromatic heterocycles. The zero-order valence-corrected chi connectivity index (χ0v) is 6.45. The maximum atomic E-state index is 13.0. The molecule has 1 heterocycles. The Labute approximate surface area is 73.4 Å². The second-order valence-corrected chi connectivity index (χ2v) is 2.62. The number of carbonyl (C=O) groups is 1. The highest BCUT2D eigenvalue weighted by atomic mass is 19.1. The summed E-state index contributed by atoms with van der Waals surface area (Å²) < 4.78 is 17.7. The van der Waals surface area contributed by atoms with E-state index in [1.165, 1.54) is 18.2 Å².